The van der Waals surface area contributed by atoms with Crippen LogP contribution in [0.1, 0.15) is 53.5 Å². The highest BCUT2D eigenvalue weighted by atomic mass is 19.4. The third-order valence-corrected chi connectivity index (χ3v) is 8.17. The van der Waals surface area contributed by atoms with Crippen LogP contribution >= 0.6 is 0 Å². The number of amides is 1. The van der Waals surface area contributed by atoms with Crippen LogP contribution in [-0.4, -0.2) is 85.2 Å². The Labute approximate surface area is 215 Å². The zero-order valence-electron chi connectivity index (χ0n) is 21.4. The highest BCUT2D eigenvalue weighted by Gasteiger charge is 2.39. The molecule has 3 atom stereocenters. The number of methoxy groups -OCH3 is 1. The number of fused-ring (bicyclic) bond motifs is 1. The molecule has 7 nitrogen and oxygen atoms in total. The average molecular weight is 518 g/mol. The number of anilines is 1. The second-order valence-corrected chi connectivity index (χ2v) is 10.4. The van der Waals surface area contributed by atoms with Crippen LogP contribution in [0.2, 0.25) is 0 Å². The van der Waals surface area contributed by atoms with Gasteiger partial charge in [-0.05, 0) is 57.0 Å². The van der Waals surface area contributed by atoms with Crippen molar-refractivity contribution in [3.63, 3.8) is 0 Å². The van der Waals surface area contributed by atoms with E-state index in [9.17, 15) is 18.0 Å². The number of nitrogens with zero attached hydrogens (tertiary/aromatic N) is 5. The molecule has 2 fully saturated rings. The number of likely N-dealkylation sites (tertiary alicyclic amines) is 1. The van der Waals surface area contributed by atoms with Gasteiger partial charge in [-0.15, -0.1) is 0 Å². The lowest BCUT2D eigenvalue weighted by molar-refractivity contribution is -0.137. The van der Waals surface area contributed by atoms with Crippen molar-refractivity contribution in [1.82, 2.24) is 19.8 Å². The molecule has 0 unspecified atom stereocenters. The van der Waals surface area contributed by atoms with Crippen molar-refractivity contribution in [2.24, 2.45) is 0 Å². The van der Waals surface area contributed by atoms with E-state index in [1.165, 1.54) is 17.7 Å². The number of hydrogen-bond donors (Lipinski definition) is 0. The van der Waals surface area contributed by atoms with Gasteiger partial charge in [0.2, 0.25) is 5.91 Å². The Morgan fingerprint density at radius 2 is 1.81 bits per heavy atom. The van der Waals surface area contributed by atoms with Crippen molar-refractivity contribution in [2.75, 3.05) is 58.4 Å². The molecule has 2 saturated heterocycles. The number of alkyl halides is 3. The third kappa shape index (κ3) is 5.18. The van der Waals surface area contributed by atoms with Crippen molar-refractivity contribution >= 4 is 11.7 Å². The maximum Gasteiger partial charge on any atom is 0.416 e. The molecule has 1 aromatic carbocycles. The highest BCUT2D eigenvalue weighted by molar-refractivity contribution is 5.85. The van der Waals surface area contributed by atoms with Gasteiger partial charge >= 0.3 is 6.18 Å². The average Bonchev–Trinajstić information content (AvgIpc) is 3.50. The first-order valence-corrected chi connectivity index (χ1v) is 13.0. The van der Waals surface area contributed by atoms with E-state index in [2.05, 4.69) is 19.8 Å². The maximum atomic E-state index is 13.9. The summed E-state index contributed by atoms with van der Waals surface area (Å²) in [5.74, 6) is 0.744. The predicted octanol–water partition coefficient (Wildman–Crippen LogP) is 3.70. The van der Waals surface area contributed by atoms with Crippen LogP contribution in [0.4, 0.5) is 19.0 Å². The number of rotatable bonds is 6. The zero-order valence-corrected chi connectivity index (χ0v) is 21.4. The Balaban J connectivity index is 1.32. The summed E-state index contributed by atoms with van der Waals surface area (Å²) in [5.41, 5.74) is 2.20. The van der Waals surface area contributed by atoms with Gasteiger partial charge < -0.3 is 19.4 Å². The summed E-state index contributed by atoms with van der Waals surface area (Å²) < 4.78 is 44.8. The summed E-state index contributed by atoms with van der Waals surface area (Å²) in [7, 11) is 3.70. The van der Waals surface area contributed by atoms with Crippen LogP contribution < -0.4 is 4.90 Å². The third-order valence-electron chi connectivity index (χ3n) is 8.17. The van der Waals surface area contributed by atoms with Crippen LogP contribution in [-0.2, 0) is 22.1 Å². The number of aromatic nitrogens is 2. The molecular weight excluding hydrogens is 483 g/mol. The standard InChI is InChI=1S/C27H34F3N5O2/c1-33-11-3-4-22(33)23(18-5-8-20(9-6-18)27(28,29)30)26(36)35-14-12-34(13-15-35)25-21-10-7-19(16-37-2)24(21)31-17-32-25/h5-6,8-9,17,19,22-23H,3-4,7,10-16H2,1-2H3/t19-,22-,23-/m0/s1. The molecule has 1 amide bonds. The lowest BCUT2D eigenvalue weighted by Crippen LogP contribution is -2.52. The molecular formula is C27H34F3N5O2. The molecule has 0 bridgehead atoms. The van der Waals surface area contributed by atoms with Gasteiger partial charge in [0, 0.05) is 50.8 Å². The quantitative estimate of drug-likeness (QED) is 0.583. The molecule has 1 aromatic heterocycles. The Bertz CT molecular complexity index is 1100. The van der Waals surface area contributed by atoms with Gasteiger partial charge in [0.05, 0.1) is 23.8 Å². The molecule has 5 rings (SSSR count). The van der Waals surface area contributed by atoms with Crippen molar-refractivity contribution < 1.29 is 22.7 Å². The van der Waals surface area contributed by atoms with E-state index in [-0.39, 0.29) is 17.9 Å². The molecule has 10 heteroatoms. The predicted molar refractivity (Wildman–Crippen MR) is 134 cm³/mol. The number of halogens is 3. The van der Waals surface area contributed by atoms with E-state index in [1.54, 1.807) is 13.4 Å². The summed E-state index contributed by atoms with van der Waals surface area (Å²) in [6.45, 7) is 3.94. The normalized spacial score (nSPS) is 23.4. The Morgan fingerprint density at radius 1 is 1.08 bits per heavy atom. The minimum absolute atomic E-state index is 0.00812. The Hall–Kier alpha value is -2.72. The molecule has 3 aliphatic rings. The van der Waals surface area contributed by atoms with Gasteiger partial charge in [-0.2, -0.15) is 13.2 Å². The molecule has 200 valence electrons. The van der Waals surface area contributed by atoms with Crippen LogP contribution in [0.25, 0.3) is 0 Å². The summed E-state index contributed by atoms with van der Waals surface area (Å²) in [5, 5.41) is 0. The Morgan fingerprint density at radius 3 is 2.43 bits per heavy atom. The molecule has 1 aliphatic carbocycles. The molecule has 37 heavy (non-hydrogen) atoms. The first kappa shape index (κ1) is 25.9. The van der Waals surface area contributed by atoms with E-state index in [0.29, 0.717) is 38.3 Å². The van der Waals surface area contributed by atoms with Crippen LogP contribution in [0.5, 0.6) is 0 Å². The Kier molecular flexibility index (Phi) is 7.40. The van der Waals surface area contributed by atoms with E-state index >= 15 is 0 Å². The van der Waals surface area contributed by atoms with Crippen molar-refractivity contribution in [3.8, 4) is 0 Å². The van der Waals surface area contributed by atoms with E-state index in [4.69, 9.17) is 4.74 Å². The van der Waals surface area contributed by atoms with Crippen LogP contribution in [0.15, 0.2) is 30.6 Å². The lowest BCUT2D eigenvalue weighted by Gasteiger charge is -2.39. The maximum absolute atomic E-state index is 13.9. The van der Waals surface area contributed by atoms with Gasteiger partial charge in [0.1, 0.15) is 12.1 Å². The van der Waals surface area contributed by atoms with Crippen molar-refractivity contribution in [3.05, 3.63) is 53.0 Å². The number of hydrogen-bond acceptors (Lipinski definition) is 6. The fourth-order valence-corrected chi connectivity index (χ4v) is 6.20. The smallest absolute Gasteiger partial charge is 0.384 e. The molecule has 0 radical (unpaired) electrons. The zero-order chi connectivity index (χ0) is 26.2. The van der Waals surface area contributed by atoms with Gasteiger partial charge in [-0.3, -0.25) is 4.79 Å². The molecule has 2 aliphatic heterocycles. The molecule has 0 saturated carbocycles. The number of carbonyl (C=O) groups is 1. The summed E-state index contributed by atoms with van der Waals surface area (Å²) in [4.78, 5) is 29.3. The van der Waals surface area contributed by atoms with Crippen LogP contribution in [0, 0.1) is 0 Å². The fraction of sp³-hybridized carbons (Fsp3) is 0.593. The van der Waals surface area contributed by atoms with Crippen molar-refractivity contribution in [2.45, 2.75) is 49.7 Å². The van der Waals surface area contributed by atoms with Gasteiger partial charge in [-0.25, -0.2) is 9.97 Å². The van der Waals surface area contributed by atoms with Gasteiger partial charge in [0.25, 0.3) is 0 Å². The highest BCUT2D eigenvalue weighted by Crippen LogP contribution is 2.38. The second-order valence-electron chi connectivity index (χ2n) is 10.4. The van der Waals surface area contributed by atoms with E-state index in [0.717, 1.165) is 55.9 Å². The summed E-state index contributed by atoms with van der Waals surface area (Å²) in [6.07, 6.45) is 0.963. The largest absolute Gasteiger partial charge is 0.416 e. The minimum Gasteiger partial charge on any atom is -0.384 e. The topological polar surface area (TPSA) is 61.8 Å². The van der Waals surface area contributed by atoms with E-state index < -0.39 is 17.7 Å². The number of ether oxygens (including phenoxy) is 1. The molecule has 0 spiro atoms. The minimum atomic E-state index is -4.40. The fourth-order valence-electron chi connectivity index (χ4n) is 6.20. The van der Waals surface area contributed by atoms with Gasteiger partial charge in [0.15, 0.2) is 0 Å². The summed E-state index contributed by atoms with van der Waals surface area (Å²) >= 11 is 0. The van der Waals surface area contributed by atoms with Crippen molar-refractivity contribution in [1.29, 1.82) is 0 Å². The molecule has 2 aromatic rings. The number of piperazine rings is 1. The SMILES string of the molecule is COC[C@@H]1CCc2c1ncnc2N1CCN(C(=O)[C@@H](c2ccc(C(F)(F)F)cc2)[C@@H]2CCCN2C)CC1. The number of carbonyl (C=O) groups excluding carboxylic acids is 1. The lowest BCUT2D eigenvalue weighted by atomic mass is 9.87. The van der Waals surface area contributed by atoms with Gasteiger partial charge in [-0.1, -0.05) is 12.1 Å². The second kappa shape index (κ2) is 10.6. The van der Waals surface area contributed by atoms with E-state index in [1.807, 2.05) is 11.9 Å². The number of benzene rings is 1. The molecule has 0 N–H and O–H groups in total. The first-order valence-electron chi connectivity index (χ1n) is 13.0. The first-order chi connectivity index (χ1) is 17.8. The number of likely N-dealkylation sites (N-methyl/N-ethyl adjacent to an activating group) is 1. The molecule has 3 heterocycles. The van der Waals surface area contributed by atoms with Crippen LogP contribution in [0.3, 0.4) is 0 Å². The summed E-state index contributed by atoms with van der Waals surface area (Å²) in [6, 6.07) is 5.12. The monoisotopic (exact) mass is 517 g/mol.